The zero-order chi connectivity index (χ0) is 20.3. The van der Waals surface area contributed by atoms with Crippen molar-refractivity contribution in [3.63, 3.8) is 0 Å². The number of aromatic nitrogens is 1. The SMILES string of the molecule is CNC(CCO)C(=O)N(C=O)C1CC2(CC(Oc3ncccc3C(N)=O)C2)C1. The van der Waals surface area contributed by atoms with Gasteiger partial charge in [-0.3, -0.25) is 19.3 Å². The van der Waals surface area contributed by atoms with Crippen LogP contribution >= 0.6 is 0 Å². The van der Waals surface area contributed by atoms with Crippen molar-refractivity contribution in [3.05, 3.63) is 23.9 Å². The van der Waals surface area contributed by atoms with Gasteiger partial charge in [-0.15, -0.1) is 0 Å². The zero-order valence-electron chi connectivity index (χ0n) is 15.8. The number of amides is 3. The second kappa shape index (κ2) is 8.24. The number of nitrogens with two attached hydrogens (primary N) is 1. The van der Waals surface area contributed by atoms with E-state index < -0.39 is 11.9 Å². The molecule has 4 N–H and O–H groups in total. The molecule has 0 saturated heterocycles. The molecule has 1 aromatic heterocycles. The van der Waals surface area contributed by atoms with E-state index in [4.69, 9.17) is 15.6 Å². The molecule has 0 aromatic carbocycles. The number of nitrogens with one attached hydrogen (secondary N) is 1. The molecule has 1 spiro atoms. The Morgan fingerprint density at radius 3 is 2.75 bits per heavy atom. The normalized spacial score (nSPS) is 26.6. The summed E-state index contributed by atoms with van der Waals surface area (Å²) in [5.41, 5.74) is 5.66. The van der Waals surface area contributed by atoms with Crippen LogP contribution in [0.15, 0.2) is 18.3 Å². The maximum atomic E-state index is 12.5. The van der Waals surface area contributed by atoms with Gasteiger partial charge in [0.25, 0.3) is 5.91 Å². The third kappa shape index (κ3) is 3.85. The van der Waals surface area contributed by atoms with Gasteiger partial charge in [0.05, 0.1) is 6.04 Å². The van der Waals surface area contributed by atoms with E-state index in [1.807, 2.05) is 0 Å². The average molecular weight is 390 g/mol. The predicted molar refractivity (Wildman–Crippen MR) is 99.3 cm³/mol. The molecule has 1 unspecified atom stereocenters. The van der Waals surface area contributed by atoms with Gasteiger partial charge in [0.2, 0.25) is 18.2 Å². The number of aliphatic hydroxyl groups is 1. The highest BCUT2D eigenvalue weighted by molar-refractivity contribution is 5.95. The molecule has 0 aliphatic heterocycles. The van der Waals surface area contributed by atoms with Crippen molar-refractivity contribution in [2.45, 2.75) is 50.3 Å². The van der Waals surface area contributed by atoms with Crippen LogP contribution in [-0.2, 0) is 9.59 Å². The number of pyridine rings is 1. The second-order valence-corrected chi connectivity index (χ2v) is 7.64. The molecule has 1 atom stereocenters. The molecule has 28 heavy (non-hydrogen) atoms. The van der Waals surface area contributed by atoms with E-state index in [9.17, 15) is 14.4 Å². The highest BCUT2D eigenvalue weighted by atomic mass is 16.5. The summed E-state index contributed by atoms with van der Waals surface area (Å²) < 4.78 is 5.83. The molecule has 1 aromatic rings. The molecule has 2 aliphatic carbocycles. The molecule has 9 heteroatoms. The van der Waals surface area contributed by atoms with Gasteiger partial charge in [-0.2, -0.15) is 0 Å². The van der Waals surface area contributed by atoms with E-state index in [1.165, 1.54) is 4.90 Å². The Bertz CT molecular complexity index is 742. The Labute approximate surface area is 163 Å². The van der Waals surface area contributed by atoms with Gasteiger partial charge in [-0.05, 0) is 56.7 Å². The van der Waals surface area contributed by atoms with Gasteiger partial charge in [-0.25, -0.2) is 4.98 Å². The number of likely N-dealkylation sites (N-methyl/N-ethyl adjacent to an activating group) is 1. The van der Waals surface area contributed by atoms with E-state index in [0.29, 0.717) is 6.41 Å². The highest BCUT2D eigenvalue weighted by Gasteiger charge is 2.56. The van der Waals surface area contributed by atoms with Crippen molar-refractivity contribution >= 4 is 18.2 Å². The van der Waals surface area contributed by atoms with Crippen LogP contribution in [0, 0.1) is 5.41 Å². The van der Waals surface area contributed by atoms with Crippen LogP contribution in [0.5, 0.6) is 5.88 Å². The molecule has 1 heterocycles. The third-order valence-corrected chi connectivity index (χ3v) is 5.80. The maximum absolute atomic E-state index is 12.5. The lowest BCUT2D eigenvalue weighted by Crippen LogP contribution is -2.61. The van der Waals surface area contributed by atoms with Crippen LogP contribution in [0.3, 0.4) is 0 Å². The van der Waals surface area contributed by atoms with Crippen molar-refractivity contribution in [1.82, 2.24) is 15.2 Å². The number of carbonyl (C=O) groups excluding carboxylic acids is 3. The van der Waals surface area contributed by atoms with Gasteiger partial charge in [0.1, 0.15) is 11.7 Å². The van der Waals surface area contributed by atoms with E-state index >= 15 is 0 Å². The fourth-order valence-corrected chi connectivity index (χ4v) is 4.31. The first-order valence-corrected chi connectivity index (χ1v) is 9.40. The van der Waals surface area contributed by atoms with Crippen molar-refractivity contribution in [3.8, 4) is 5.88 Å². The number of imide groups is 1. The minimum absolute atomic E-state index is 0.0602. The molecular formula is C19H26N4O5. The van der Waals surface area contributed by atoms with E-state index in [-0.39, 0.29) is 47.9 Å². The quantitative estimate of drug-likeness (QED) is 0.498. The Kier molecular flexibility index (Phi) is 5.95. The molecule has 152 valence electrons. The first-order chi connectivity index (χ1) is 13.4. The summed E-state index contributed by atoms with van der Waals surface area (Å²) >= 11 is 0. The standard InChI is InChI=1S/C19H26N4O5/c1-21-15(4-6-24)18(27)23(11-25)12-7-19(8-12)9-13(10-19)28-17-14(16(20)26)3-2-5-22-17/h2-3,5,11-13,15,21,24H,4,6-10H2,1H3,(H2,20,26). The highest BCUT2D eigenvalue weighted by Crippen LogP contribution is 2.58. The Morgan fingerprint density at radius 2 is 2.18 bits per heavy atom. The topological polar surface area (TPSA) is 135 Å². The number of aliphatic hydroxyl groups excluding tert-OH is 1. The van der Waals surface area contributed by atoms with E-state index in [0.717, 1.165) is 25.7 Å². The lowest BCUT2D eigenvalue weighted by molar-refractivity contribution is -0.156. The second-order valence-electron chi connectivity index (χ2n) is 7.64. The predicted octanol–water partition coefficient (Wildman–Crippen LogP) is -0.174. The summed E-state index contributed by atoms with van der Waals surface area (Å²) in [6.07, 6.45) is 5.37. The Morgan fingerprint density at radius 1 is 1.46 bits per heavy atom. The number of hydrogen-bond donors (Lipinski definition) is 3. The molecule has 0 radical (unpaired) electrons. The Balaban J connectivity index is 1.53. The molecule has 3 rings (SSSR count). The molecule has 2 fully saturated rings. The minimum Gasteiger partial charge on any atom is -0.474 e. The first kappa shape index (κ1) is 20.2. The smallest absolute Gasteiger partial charge is 0.254 e. The van der Waals surface area contributed by atoms with Crippen molar-refractivity contribution in [2.24, 2.45) is 11.1 Å². The fraction of sp³-hybridized carbons (Fsp3) is 0.579. The fourth-order valence-electron chi connectivity index (χ4n) is 4.31. The van der Waals surface area contributed by atoms with E-state index in [2.05, 4.69) is 10.3 Å². The lowest BCUT2D eigenvalue weighted by atomic mass is 9.52. The largest absolute Gasteiger partial charge is 0.474 e. The third-order valence-electron chi connectivity index (χ3n) is 5.80. The summed E-state index contributed by atoms with van der Waals surface area (Å²) in [5.74, 6) is -0.641. The van der Waals surface area contributed by atoms with Gasteiger partial charge >= 0.3 is 0 Å². The van der Waals surface area contributed by atoms with Crippen LogP contribution in [0.25, 0.3) is 0 Å². The zero-order valence-corrected chi connectivity index (χ0v) is 15.8. The number of rotatable bonds is 9. The number of nitrogens with zero attached hydrogens (tertiary/aromatic N) is 2. The molecule has 9 nitrogen and oxygen atoms in total. The average Bonchev–Trinajstić information content (AvgIpc) is 2.62. The summed E-state index contributed by atoms with van der Waals surface area (Å²) in [4.78, 5) is 40.8. The summed E-state index contributed by atoms with van der Waals surface area (Å²) in [6.45, 7) is -0.127. The first-order valence-electron chi connectivity index (χ1n) is 9.40. The van der Waals surface area contributed by atoms with Crippen LogP contribution in [0.2, 0.25) is 0 Å². The van der Waals surface area contributed by atoms with Crippen molar-refractivity contribution in [2.75, 3.05) is 13.7 Å². The number of carbonyl (C=O) groups is 3. The van der Waals surface area contributed by atoms with Gasteiger partial charge in [0.15, 0.2) is 0 Å². The Hall–Kier alpha value is -2.52. The number of hydrogen-bond acceptors (Lipinski definition) is 7. The van der Waals surface area contributed by atoms with Crippen molar-refractivity contribution in [1.29, 1.82) is 0 Å². The van der Waals surface area contributed by atoms with Gasteiger partial charge in [0, 0.05) is 18.8 Å². The van der Waals surface area contributed by atoms with Crippen molar-refractivity contribution < 1.29 is 24.2 Å². The van der Waals surface area contributed by atoms with Crippen LogP contribution < -0.4 is 15.8 Å². The van der Waals surface area contributed by atoms with Crippen LogP contribution in [0.4, 0.5) is 0 Å². The van der Waals surface area contributed by atoms with E-state index in [1.54, 1.807) is 25.4 Å². The van der Waals surface area contributed by atoms with Crippen LogP contribution in [0.1, 0.15) is 42.5 Å². The van der Waals surface area contributed by atoms with Crippen LogP contribution in [-0.4, -0.2) is 65.1 Å². The monoisotopic (exact) mass is 390 g/mol. The molecular weight excluding hydrogens is 364 g/mol. The minimum atomic E-state index is -0.581. The molecule has 2 aliphatic rings. The maximum Gasteiger partial charge on any atom is 0.254 e. The summed E-state index contributed by atoms with van der Waals surface area (Å²) in [7, 11) is 1.63. The summed E-state index contributed by atoms with van der Waals surface area (Å²) in [6, 6.07) is 2.51. The molecule has 0 bridgehead atoms. The van der Waals surface area contributed by atoms with Gasteiger partial charge in [-0.1, -0.05) is 0 Å². The molecule has 2 saturated carbocycles. The molecule has 3 amide bonds. The van der Waals surface area contributed by atoms with Gasteiger partial charge < -0.3 is 20.9 Å². The summed E-state index contributed by atoms with van der Waals surface area (Å²) in [5, 5.41) is 11.9. The number of ether oxygens (including phenoxy) is 1. The number of primary amides is 1. The lowest BCUT2D eigenvalue weighted by Gasteiger charge is -2.58.